The lowest BCUT2D eigenvalue weighted by molar-refractivity contribution is -0.115. The summed E-state index contributed by atoms with van der Waals surface area (Å²) in [7, 11) is 0. The van der Waals surface area contributed by atoms with Crippen molar-refractivity contribution >= 4 is 34.7 Å². The molecule has 0 fully saturated rings. The minimum atomic E-state index is -0.985. The maximum Gasteiger partial charge on any atom is 0.225 e. The molecule has 2 aromatic rings. The highest BCUT2D eigenvalue weighted by Gasteiger charge is 2.07. The van der Waals surface area contributed by atoms with Crippen LogP contribution in [0.3, 0.4) is 0 Å². The van der Waals surface area contributed by atoms with Crippen molar-refractivity contribution in [3.05, 3.63) is 35.3 Å². The first-order chi connectivity index (χ1) is 9.15. The van der Waals surface area contributed by atoms with Crippen molar-refractivity contribution in [2.45, 2.75) is 10.8 Å². The summed E-state index contributed by atoms with van der Waals surface area (Å²) >= 11 is 2.82. The van der Waals surface area contributed by atoms with Crippen molar-refractivity contribution in [1.82, 2.24) is 10.2 Å². The van der Waals surface area contributed by atoms with Gasteiger partial charge in [-0.05, 0) is 12.1 Å². The number of halogens is 2. The van der Waals surface area contributed by atoms with Crippen LogP contribution in [0.25, 0.3) is 0 Å². The summed E-state index contributed by atoms with van der Waals surface area (Å²) in [4.78, 5) is 11.6. The Hall–Kier alpha value is -1.54. The topological polar surface area (TPSA) is 54.9 Å². The number of anilines is 1. The van der Waals surface area contributed by atoms with E-state index in [2.05, 4.69) is 15.5 Å². The minimum Gasteiger partial charge on any atom is -0.326 e. The third-order valence-corrected chi connectivity index (χ3v) is 3.96. The fourth-order valence-electron chi connectivity index (χ4n) is 1.25. The Morgan fingerprint density at radius 2 is 2.21 bits per heavy atom. The van der Waals surface area contributed by atoms with Crippen LogP contribution in [0.4, 0.5) is 14.5 Å². The SMILES string of the molecule is O=C(CCSc1nncs1)Nc1ccc(F)c(F)c1. The average Bonchev–Trinajstić information content (AvgIpc) is 2.87. The third-order valence-electron chi connectivity index (χ3n) is 2.10. The number of thioether (sulfide) groups is 1. The van der Waals surface area contributed by atoms with E-state index in [1.165, 1.54) is 29.2 Å². The normalized spacial score (nSPS) is 10.4. The summed E-state index contributed by atoms with van der Waals surface area (Å²) in [6, 6.07) is 3.24. The molecule has 0 aliphatic rings. The first-order valence-electron chi connectivity index (χ1n) is 5.29. The molecular formula is C11H9F2N3OS2. The van der Waals surface area contributed by atoms with E-state index in [-0.39, 0.29) is 18.0 Å². The molecular weight excluding hydrogens is 292 g/mol. The van der Waals surface area contributed by atoms with Gasteiger partial charge < -0.3 is 5.32 Å². The molecule has 2 rings (SSSR count). The van der Waals surface area contributed by atoms with Crippen molar-refractivity contribution in [2.75, 3.05) is 11.1 Å². The maximum atomic E-state index is 12.9. The lowest BCUT2D eigenvalue weighted by atomic mass is 10.3. The lowest BCUT2D eigenvalue weighted by Crippen LogP contribution is -2.12. The van der Waals surface area contributed by atoms with Crippen LogP contribution < -0.4 is 5.32 Å². The molecule has 100 valence electrons. The van der Waals surface area contributed by atoms with E-state index in [1.807, 2.05) is 0 Å². The predicted octanol–water partition coefficient (Wildman–Crippen LogP) is 2.94. The highest BCUT2D eigenvalue weighted by molar-refractivity contribution is 8.01. The molecule has 0 saturated heterocycles. The van der Waals surface area contributed by atoms with Crippen molar-refractivity contribution in [3.8, 4) is 0 Å². The number of rotatable bonds is 5. The van der Waals surface area contributed by atoms with Gasteiger partial charge in [-0.25, -0.2) is 8.78 Å². The summed E-state index contributed by atoms with van der Waals surface area (Å²) in [5.41, 5.74) is 1.86. The zero-order valence-corrected chi connectivity index (χ0v) is 11.2. The molecule has 0 unspecified atom stereocenters. The zero-order chi connectivity index (χ0) is 13.7. The van der Waals surface area contributed by atoms with Crippen molar-refractivity contribution in [2.24, 2.45) is 0 Å². The summed E-state index contributed by atoms with van der Waals surface area (Å²) < 4.78 is 26.4. The van der Waals surface area contributed by atoms with E-state index < -0.39 is 11.6 Å². The van der Waals surface area contributed by atoms with Crippen LogP contribution in [0.15, 0.2) is 28.0 Å². The molecule has 1 aromatic heterocycles. The Labute approximate surface area is 116 Å². The smallest absolute Gasteiger partial charge is 0.225 e. The Balaban J connectivity index is 1.79. The summed E-state index contributed by atoms with van der Waals surface area (Å²) in [6.07, 6.45) is 0.253. The third kappa shape index (κ3) is 4.25. The first kappa shape index (κ1) is 13.9. The fraction of sp³-hybridized carbons (Fsp3) is 0.182. The quantitative estimate of drug-likeness (QED) is 0.863. The molecule has 0 saturated carbocycles. The van der Waals surface area contributed by atoms with Gasteiger partial charge in [0.25, 0.3) is 0 Å². The second-order valence-corrected chi connectivity index (χ2v) is 5.66. The van der Waals surface area contributed by atoms with Crippen LogP contribution >= 0.6 is 23.1 Å². The molecule has 0 aliphatic carbocycles. The number of benzene rings is 1. The number of aromatic nitrogens is 2. The van der Waals surface area contributed by atoms with Gasteiger partial charge in [-0.1, -0.05) is 23.1 Å². The monoisotopic (exact) mass is 301 g/mol. The van der Waals surface area contributed by atoms with E-state index >= 15 is 0 Å². The predicted molar refractivity (Wildman–Crippen MR) is 70.2 cm³/mol. The number of amides is 1. The number of nitrogens with one attached hydrogen (secondary N) is 1. The molecule has 0 radical (unpaired) electrons. The Bertz CT molecular complexity index is 563. The minimum absolute atomic E-state index is 0.241. The van der Waals surface area contributed by atoms with Crippen LogP contribution in [0.2, 0.25) is 0 Å². The first-order valence-corrected chi connectivity index (χ1v) is 7.15. The number of hydrogen-bond acceptors (Lipinski definition) is 5. The number of carbonyl (C=O) groups is 1. The van der Waals surface area contributed by atoms with E-state index in [4.69, 9.17) is 0 Å². The van der Waals surface area contributed by atoms with Gasteiger partial charge in [0.2, 0.25) is 5.91 Å². The lowest BCUT2D eigenvalue weighted by Gasteiger charge is -2.04. The van der Waals surface area contributed by atoms with Crippen molar-refractivity contribution < 1.29 is 13.6 Å². The number of nitrogens with zero attached hydrogens (tertiary/aromatic N) is 2. The molecule has 0 bridgehead atoms. The van der Waals surface area contributed by atoms with Gasteiger partial charge in [-0.15, -0.1) is 10.2 Å². The van der Waals surface area contributed by atoms with Crippen LogP contribution in [0, 0.1) is 11.6 Å². The Morgan fingerprint density at radius 1 is 1.37 bits per heavy atom. The van der Waals surface area contributed by atoms with Crippen LogP contribution in [-0.2, 0) is 4.79 Å². The molecule has 8 heteroatoms. The largest absolute Gasteiger partial charge is 0.326 e. The van der Waals surface area contributed by atoms with Crippen LogP contribution in [0.5, 0.6) is 0 Å². The maximum absolute atomic E-state index is 12.9. The molecule has 19 heavy (non-hydrogen) atoms. The second kappa shape index (κ2) is 6.58. The average molecular weight is 301 g/mol. The molecule has 0 spiro atoms. The Kier molecular flexibility index (Phi) is 4.80. The molecule has 0 aliphatic heterocycles. The van der Waals surface area contributed by atoms with Crippen molar-refractivity contribution in [1.29, 1.82) is 0 Å². The molecule has 1 heterocycles. The van der Waals surface area contributed by atoms with Crippen molar-refractivity contribution in [3.63, 3.8) is 0 Å². The fourth-order valence-corrected chi connectivity index (χ4v) is 2.75. The van der Waals surface area contributed by atoms with Gasteiger partial charge in [0.05, 0.1) is 0 Å². The highest BCUT2D eigenvalue weighted by Crippen LogP contribution is 2.20. The van der Waals surface area contributed by atoms with Gasteiger partial charge in [-0.2, -0.15) is 0 Å². The van der Waals surface area contributed by atoms with Gasteiger partial charge in [0.15, 0.2) is 16.0 Å². The van der Waals surface area contributed by atoms with E-state index in [0.29, 0.717) is 5.75 Å². The molecule has 1 amide bonds. The van der Waals surface area contributed by atoms with Gasteiger partial charge in [0, 0.05) is 23.9 Å². The Morgan fingerprint density at radius 3 is 2.89 bits per heavy atom. The zero-order valence-electron chi connectivity index (χ0n) is 9.60. The van der Waals surface area contributed by atoms with Gasteiger partial charge in [-0.3, -0.25) is 4.79 Å². The summed E-state index contributed by atoms with van der Waals surface area (Å²) in [5.74, 6) is -1.64. The number of carbonyl (C=O) groups excluding carboxylic acids is 1. The highest BCUT2D eigenvalue weighted by atomic mass is 32.2. The number of hydrogen-bond donors (Lipinski definition) is 1. The molecule has 1 aromatic carbocycles. The molecule has 0 atom stereocenters. The van der Waals surface area contributed by atoms with E-state index in [1.54, 1.807) is 5.51 Å². The molecule has 1 N–H and O–H groups in total. The molecule has 4 nitrogen and oxygen atoms in total. The van der Waals surface area contributed by atoms with Gasteiger partial charge >= 0.3 is 0 Å². The van der Waals surface area contributed by atoms with E-state index in [9.17, 15) is 13.6 Å². The summed E-state index contributed by atoms with van der Waals surface area (Å²) in [6.45, 7) is 0. The van der Waals surface area contributed by atoms with Gasteiger partial charge in [0.1, 0.15) is 5.51 Å². The van der Waals surface area contributed by atoms with E-state index in [0.717, 1.165) is 16.5 Å². The second-order valence-electron chi connectivity index (χ2n) is 3.48. The van der Waals surface area contributed by atoms with Crippen LogP contribution in [-0.4, -0.2) is 21.9 Å². The van der Waals surface area contributed by atoms with Crippen LogP contribution in [0.1, 0.15) is 6.42 Å². The standard InChI is InChI=1S/C11H9F2N3OS2/c12-8-2-1-7(5-9(8)13)15-10(17)3-4-18-11-16-14-6-19-11/h1-2,5-6H,3-4H2,(H,15,17). The summed E-state index contributed by atoms with van der Waals surface area (Å²) in [5, 5.41) is 10.0.